The lowest BCUT2D eigenvalue weighted by Gasteiger charge is -2.11. The molecule has 0 unspecified atom stereocenters. The lowest BCUT2D eigenvalue weighted by Crippen LogP contribution is -2.42. The fourth-order valence-electron chi connectivity index (χ4n) is 1.68. The van der Waals surface area contributed by atoms with Gasteiger partial charge in [0.1, 0.15) is 0 Å². The molecule has 1 aromatic carbocycles. The Hall–Kier alpha value is -2.32. The molecule has 1 heterocycles. The number of rotatable bonds is 5. The summed E-state index contributed by atoms with van der Waals surface area (Å²) in [4.78, 5) is 28.5. The summed E-state index contributed by atoms with van der Waals surface area (Å²) in [5, 5.41) is 14.6. The number of aliphatic hydroxyl groups is 1. The van der Waals surface area contributed by atoms with Gasteiger partial charge in [-0.15, -0.1) is 0 Å². The quantitative estimate of drug-likeness (QED) is 0.709. The van der Waals surface area contributed by atoms with E-state index < -0.39 is 17.9 Å². The van der Waals surface area contributed by atoms with Crippen molar-refractivity contribution in [2.75, 3.05) is 11.9 Å². The average molecular weight is 334 g/mol. The zero-order valence-corrected chi connectivity index (χ0v) is 13.6. The maximum absolute atomic E-state index is 11.7. The van der Waals surface area contributed by atoms with Gasteiger partial charge in [-0.3, -0.25) is 9.59 Å². The highest BCUT2D eigenvalue weighted by atomic mass is 32.2. The number of hydrogen-bond donors (Lipinski definition) is 3. The van der Waals surface area contributed by atoms with E-state index in [4.69, 9.17) is 5.11 Å². The van der Waals surface area contributed by atoms with Crippen molar-refractivity contribution in [3.63, 3.8) is 0 Å². The molecule has 0 radical (unpaired) electrons. The van der Waals surface area contributed by atoms with Gasteiger partial charge in [-0.1, -0.05) is 11.8 Å². The third kappa shape index (κ3) is 4.83. The van der Waals surface area contributed by atoms with E-state index in [2.05, 4.69) is 15.6 Å². The Labute approximate surface area is 138 Å². The molecular formula is C15H18N4O3S. The number of amides is 2. The number of aromatic nitrogens is 2. The Morgan fingerprint density at radius 3 is 2.57 bits per heavy atom. The van der Waals surface area contributed by atoms with Crippen molar-refractivity contribution in [3.8, 4) is 0 Å². The molecule has 1 aromatic heterocycles. The van der Waals surface area contributed by atoms with Crippen LogP contribution in [-0.2, 0) is 16.6 Å². The van der Waals surface area contributed by atoms with Crippen molar-refractivity contribution < 1.29 is 14.7 Å². The van der Waals surface area contributed by atoms with Gasteiger partial charge in [0, 0.05) is 36.1 Å². The van der Waals surface area contributed by atoms with Crippen LogP contribution in [0.2, 0.25) is 0 Å². The second-order valence-corrected chi connectivity index (χ2v) is 6.00. The predicted octanol–water partition coefficient (Wildman–Crippen LogP) is 1.01. The summed E-state index contributed by atoms with van der Waals surface area (Å²) >= 11 is 1.50. The largest absolute Gasteiger partial charge is 0.394 e. The van der Waals surface area contributed by atoms with Crippen molar-refractivity contribution in [1.82, 2.24) is 14.9 Å². The third-order valence-electron chi connectivity index (χ3n) is 2.96. The SMILES string of the molecule is C[C@H](CO)NC(=O)C(=O)Nc1ccc(Sc2nccn2C)cc1. The number of benzene rings is 1. The molecule has 0 saturated heterocycles. The molecule has 0 aliphatic rings. The molecule has 2 rings (SSSR count). The van der Waals surface area contributed by atoms with Crippen molar-refractivity contribution >= 4 is 29.3 Å². The van der Waals surface area contributed by atoms with E-state index in [1.807, 2.05) is 29.9 Å². The first-order valence-corrected chi connectivity index (χ1v) is 7.79. The number of hydrogen-bond acceptors (Lipinski definition) is 5. The van der Waals surface area contributed by atoms with E-state index in [-0.39, 0.29) is 6.61 Å². The van der Waals surface area contributed by atoms with Gasteiger partial charge in [-0.05, 0) is 31.2 Å². The lowest BCUT2D eigenvalue weighted by atomic mass is 10.3. The van der Waals surface area contributed by atoms with Crippen LogP contribution >= 0.6 is 11.8 Å². The standard InChI is InChI=1S/C15H18N4O3S/c1-10(9-20)17-13(21)14(22)18-11-3-5-12(6-4-11)23-15-16-7-8-19(15)2/h3-8,10,20H,9H2,1-2H3,(H,17,21)(H,18,22)/t10-/m1/s1. The molecule has 0 bridgehead atoms. The Morgan fingerprint density at radius 2 is 2.00 bits per heavy atom. The van der Waals surface area contributed by atoms with Gasteiger partial charge in [0.2, 0.25) is 0 Å². The second kappa shape index (κ2) is 7.80. The summed E-state index contributed by atoms with van der Waals surface area (Å²) in [5.74, 6) is -1.55. The smallest absolute Gasteiger partial charge is 0.313 e. The Morgan fingerprint density at radius 1 is 1.30 bits per heavy atom. The topological polar surface area (TPSA) is 96.2 Å². The van der Waals surface area contributed by atoms with Gasteiger partial charge in [-0.2, -0.15) is 0 Å². The summed E-state index contributed by atoms with van der Waals surface area (Å²) in [7, 11) is 1.91. The first-order valence-electron chi connectivity index (χ1n) is 6.97. The molecule has 0 fully saturated rings. The van der Waals surface area contributed by atoms with E-state index >= 15 is 0 Å². The number of aliphatic hydroxyl groups excluding tert-OH is 1. The summed E-state index contributed by atoms with van der Waals surface area (Å²) in [6.45, 7) is 1.38. The molecule has 0 spiro atoms. The van der Waals surface area contributed by atoms with Gasteiger partial charge >= 0.3 is 11.8 Å². The van der Waals surface area contributed by atoms with Crippen molar-refractivity contribution in [2.24, 2.45) is 7.05 Å². The van der Waals surface area contributed by atoms with Gasteiger partial charge in [0.25, 0.3) is 0 Å². The molecule has 0 aliphatic heterocycles. The van der Waals surface area contributed by atoms with Crippen molar-refractivity contribution in [2.45, 2.75) is 23.0 Å². The van der Waals surface area contributed by atoms with Crippen LogP contribution in [0.3, 0.4) is 0 Å². The number of aryl methyl sites for hydroxylation is 1. The van der Waals surface area contributed by atoms with Crippen LogP contribution in [0.25, 0.3) is 0 Å². The van der Waals surface area contributed by atoms with Crippen LogP contribution in [-0.4, -0.2) is 39.1 Å². The fourth-order valence-corrected chi connectivity index (χ4v) is 2.49. The highest BCUT2D eigenvalue weighted by Crippen LogP contribution is 2.26. The first kappa shape index (κ1) is 17.0. The lowest BCUT2D eigenvalue weighted by molar-refractivity contribution is -0.136. The molecule has 0 aliphatic carbocycles. The maximum atomic E-state index is 11.7. The molecule has 8 heteroatoms. The molecule has 0 saturated carbocycles. The molecule has 7 nitrogen and oxygen atoms in total. The van der Waals surface area contributed by atoms with E-state index in [9.17, 15) is 9.59 Å². The first-order chi connectivity index (χ1) is 11.0. The van der Waals surface area contributed by atoms with Crippen molar-refractivity contribution in [3.05, 3.63) is 36.7 Å². The number of anilines is 1. The molecule has 2 aromatic rings. The van der Waals surface area contributed by atoms with Gasteiger partial charge in [0.15, 0.2) is 5.16 Å². The Kier molecular flexibility index (Phi) is 5.78. The molecule has 23 heavy (non-hydrogen) atoms. The summed E-state index contributed by atoms with van der Waals surface area (Å²) in [5.41, 5.74) is 0.519. The van der Waals surface area contributed by atoms with Gasteiger partial charge < -0.3 is 20.3 Å². The van der Waals surface area contributed by atoms with Crippen LogP contribution in [0.4, 0.5) is 5.69 Å². The Balaban J connectivity index is 1.93. The van der Waals surface area contributed by atoms with E-state index in [1.54, 1.807) is 25.3 Å². The van der Waals surface area contributed by atoms with E-state index in [0.29, 0.717) is 5.69 Å². The second-order valence-electron chi connectivity index (χ2n) is 4.96. The molecule has 1 atom stereocenters. The molecule has 122 valence electrons. The van der Waals surface area contributed by atoms with Gasteiger partial charge in [0.05, 0.1) is 6.61 Å². The summed E-state index contributed by atoms with van der Waals surface area (Å²) in [6, 6.07) is 6.63. The minimum atomic E-state index is -0.780. The number of carbonyl (C=O) groups is 2. The normalized spacial score (nSPS) is 11.8. The number of imidazole rings is 1. The van der Waals surface area contributed by atoms with Crippen LogP contribution in [0.5, 0.6) is 0 Å². The minimum absolute atomic E-state index is 0.224. The van der Waals surface area contributed by atoms with E-state index in [1.165, 1.54) is 11.8 Å². The zero-order chi connectivity index (χ0) is 16.8. The Bertz CT molecular complexity index is 684. The number of nitrogens with zero attached hydrogens (tertiary/aromatic N) is 2. The predicted molar refractivity (Wildman–Crippen MR) is 87.1 cm³/mol. The van der Waals surface area contributed by atoms with Crippen LogP contribution < -0.4 is 10.6 Å². The van der Waals surface area contributed by atoms with Crippen LogP contribution in [0, 0.1) is 0 Å². The van der Waals surface area contributed by atoms with Gasteiger partial charge in [-0.25, -0.2) is 4.98 Å². The molecule has 2 amide bonds. The van der Waals surface area contributed by atoms with Crippen molar-refractivity contribution in [1.29, 1.82) is 0 Å². The minimum Gasteiger partial charge on any atom is -0.394 e. The summed E-state index contributed by atoms with van der Waals surface area (Å²) < 4.78 is 1.91. The van der Waals surface area contributed by atoms with Crippen LogP contribution in [0.15, 0.2) is 46.7 Å². The van der Waals surface area contributed by atoms with Crippen LogP contribution in [0.1, 0.15) is 6.92 Å². The highest BCUT2D eigenvalue weighted by molar-refractivity contribution is 7.99. The zero-order valence-electron chi connectivity index (χ0n) is 12.8. The summed E-state index contributed by atoms with van der Waals surface area (Å²) in [6.07, 6.45) is 3.59. The third-order valence-corrected chi connectivity index (χ3v) is 4.04. The fraction of sp³-hybridized carbons (Fsp3) is 0.267. The average Bonchev–Trinajstić information content (AvgIpc) is 2.94. The molecule has 3 N–H and O–H groups in total. The monoisotopic (exact) mass is 334 g/mol. The van der Waals surface area contributed by atoms with E-state index in [0.717, 1.165) is 10.1 Å². The maximum Gasteiger partial charge on any atom is 0.313 e. The number of carbonyl (C=O) groups excluding carboxylic acids is 2. The highest BCUT2D eigenvalue weighted by Gasteiger charge is 2.15. The molecular weight excluding hydrogens is 316 g/mol. The number of nitrogens with one attached hydrogen (secondary N) is 2.